The quantitative estimate of drug-likeness (QED) is 0.855. The minimum atomic E-state index is 0.338. The van der Waals surface area contributed by atoms with E-state index in [1.54, 1.807) is 0 Å². The lowest BCUT2D eigenvalue weighted by Crippen LogP contribution is -2.45. The van der Waals surface area contributed by atoms with E-state index in [1.807, 2.05) is 31.2 Å². The largest absolute Gasteiger partial charge is 0.355 e. The smallest absolute Gasteiger partial charge is 0.222 e. The van der Waals surface area contributed by atoms with Gasteiger partial charge in [0.15, 0.2) is 5.82 Å². The van der Waals surface area contributed by atoms with E-state index in [4.69, 9.17) is 9.97 Å². The SMILES string of the molecule is Cc1nc2ccccc2nc1N1CCC(N2CCCC2=O)CC1. The molecule has 3 heterocycles. The number of hydrogen-bond donors (Lipinski definition) is 0. The molecule has 120 valence electrons. The standard InChI is InChI=1S/C18H22N4O/c1-13-18(20-16-6-3-2-5-15(16)19-13)21-11-8-14(9-12-21)22-10-4-7-17(22)23/h2-3,5-6,14H,4,7-12H2,1H3. The number of nitrogens with zero attached hydrogens (tertiary/aromatic N) is 4. The summed E-state index contributed by atoms with van der Waals surface area (Å²) in [6.07, 6.45) is 3.81. The molecule has 0 radical (unpaired) electrons. The first kappa shape index (κ1) is 14.4. The Balaban J connectivity index is 1.52. The molecule has 0 saturated carbocycles. The monoisotopic (exact) mass is 310 g/mol. The molecule has 23 heavy (non-hydrogen) atoms. The van der Waals surface area contributed by atoms with Crippen LogP contribution in [-0.2, 0) is 4.79 Å². The summed E-state index contributed by atoms with van der Waals surface area (Å²) < 4.78 is 0. The normalized spacial score (nSPS) is 19.8. The zero-order valence-electron chi connectivity index (χ0n) is 13.5. The fourth-order valence-electron chi connectivity index (χ4n) is 3.82. The van der Waals surface area contributed by atoms with Crippen molar-refractivity contribution in [1.82, 2.24) is 14.9 Å². The molecule has 0 bridgehead atoms. The van der Waals surface area contributed by atoms with E-state index in [2.05, 4.69) is 9.80 Å². The lowest BCUT2D eigenvalue weighted by molar-refractivity contribution is -0.130. The number of aryl methyl sites for hydroxylation is 1. The summed E-state index contributed by atoms with van der Waals surface area (Å²) in [6, 6.07) is 8.43. The van der Waals surface area contributed by atoms with Crippen LogP contribution in [0.5, 0.6) is 0 Å². The summed E-state index contributed by atoms with van der Waals surface area (Å²) in [4.78, 5) is 25.8. The predicted molar refractivity (Wildman–Crippen MR) is 90.5 cm³/mol. The molecule has 1 amide bonds. The van der Waals surface area contributed by atoms with Gasteiger partial charge in [0.25, 0.3) is 0 Å². The van der Waals surface area contributed by atoms with Crippen molar-refractivity contribution in [2.45, 2.75) is 38.6 Å². The van der Waals surface area contributed by atoms with Gasteiger partial charge in [0.1, 0.15) is 0 Å². The number of carbonyl (C=O) groups excluding carboxylic acids is 1. The molecule has 2 saturated heterocycles. The molecular weight excluding hydrogens is 288 g/mol. The van der Waals surface area contributed by atoms with E-state index in [-0.39, 0.29) is 0 Å². The summed E-state index contributed by atoms with van der Waals surface area (Å²) in [7, 11) is 0. The third-order valence-corrected chi connectivity index (χ3v) is 5.03. The second-order valence-corrected chi connectivity index (χ2v) is 6.53. The number of carbonyl (C=O) groups is 1. The van der Waals surface area contributed by atoms with E-state index in [1.165, 1.54) is 0 Å². The van der Waals surface area contributed by atoms with E-state index in [0.717, 1.165) is 67.9 Å². The molecule has 0 spiro atoms. The molecule has 4 rings (SSSR count). The van der Waals surface area contributed by atoms with Gasteiger partial charge in [-0.05, 0) is 38.3 Å². The number of likely N-dealkylation sites (tertiary alicyclic amines) is 1. The predicted octanol–water partition coefficient (Wildman–Crippen LogP) is 2.53. The van der Waals surface area contributed by atoms with Crippen molar-refractivity contribution in [3.63, 3.8) is 0 Å². The molecule has 1 aromatic heterocycles. The van der Waals surface area contributed by atoms with E-state index < -0.39 is 0 Å². The lowest BCUT2D eigenvalue weighted by Gasteiger charge is -2.37. The van der Waals surface area contributed by atoms with Crippen molar-refractivity contribution < 1.29 is 4.79 Å². The van der Waals surface area contributed by atoms with Crippen LogP contribution < -0.4 is 4.90 Å². The lowest BCUT2D eigenvalue weighted by atomic mass is 10.0. The molecule has 2 aliphatic heterocycles. The Morgan fingerprint density at radius 1 is 1.04 bits per heavy atom. The molecular formula is C18H22N4O. The number of benzene rings is 1. The van der Waals surface area contributed by atoms with Crippen molar-refractivity contribution in [3.05, 3.63) is 30.0 Å². The maximum absolute atomic E-state index is 11.9. The first-order valence-electron chi connectivity index (χ1n) is 8.50. The number of amides is 1. The molecule has 0 N–H and O–H groups in total. The molecule has 2 fully saturated rings. The number of hydrogen-bond acceptors (Lipinski definition) is 4. The summed E-state index contributed by atoms with van der Waals surface area (Å²) in [5.74, 6) is 1.33. The number of aromatic nitrogens is 2. The number of rotatable bonds is 2. The highest BCUT2D eigenvalue weighted by atomic mass is 16.2. The van der Waals surface area contributed by atoms with Crippen LogP contribution in [0.25, 0.3) is 11.0 Å². The van der Waals surface area contributed by atoms with E-state index in [0.29, 0.717) is 11.9 Å². The topological polar surface area (TPSA) is 49.3 Å². The Morgan fingerprint density at radius 2 is 1.74 bits per heavy atom. The van der Waals surface area contributed by atoms with E-state index in [9.17, 15) is 4.79 Å². The number of piperidine rings is 1. The van der Waals surface area contributed by atoms with Crippen molar-refractivity contribution in [2.75, 3.05) is 24.5 Å². The van der Waals surface area contributed by atoms with Gasteiger partial charge in [0, 0.05) is 32.1 Å². The fourth-order valence-corrected chi connectivity index (χ4v) is 3.82. The molecule has 0 aliphatic carbocycles. The first-order chi connectivity index (χ1) is 11.2. The number of para-hydroxylation sites is 2. The molecule has 1 aromatic carbocycles. The van der Waals surface area contributed by atoms with Crippen molar-refractivity contribution in [3.8, 4) is 0 Å². The van der Waals surface area contributed by atoms with Gasteiger partial charge in [-0.3, -0.25) is 4.79 Å². The van der Waals surface area contributed by atoms with Gasteiger partial charge in [0.05, 0.1) is 16.7 Å². The molecule has 2 aromatic rings. The average molecular weight is 310 g/mol. The zero-order valence-corrected chi connectivity index (χ0v) is 13.5. The molecule has 0 atom stereocenters. The molecule has 2 aliphatic rings. The van der Waals surface area contributed by atoms with Crippen LogP contribution in [-0.4, -0.2) is 46.5 Å². The Labute approximate surface area is 136 Å². The van der Waals surface area contributed by atoms with Crippen LogP contribution in [0.3, 0.4) is 0 Å². The van der Waals surface area contributed by atoms with Crippen LogP contribution in [0.2, 0.25) is 0 Å². The maximum atomic E-state index is 11.9. The summed E-state index contributed by atoms with van der Waals surface area (Å²) in [5.41, 5.74) is 2.88. The maximum Gasteiger partial charge on any atom is 0.222 e. The molecule has 5 nitrogen and oxygen atoms in total. The second-order valence-electron chi connectivity index (χ2n) is 6.53. The van der Waals surface area contributed by atoms with Gasteiger partial charge in [-0.25, -0.2) is 9.97 Å². The van der Waals surface area contributed by atoms with Crippen LogP contribution >= 0.6 is 0 Å². The summed E-state index contributed by atoms with van der Waals surface area (Å²) in [6.45, 7) is 4.87. The zero-order chi connectivity index (χ0) is 15.8. The third kappa shape index (κ3) is 2.64. The Morgan fingerprint density at radius 3 is 2.39 bits per heavy atom. The van der Waals surface area contributed by atoms with Gasteiger partial charge in [0.2, 0.25) is 5.91 Å². The van der Waals surface area contributed by atoms with Crippen LogP contribution in [0.1, 0.15) is 31.4 Å². The Bertz CT molecular complexity index is 737. The second kappa shape index (κ2) is 5.80. The average Bonchev–Trinajstić information content (AvgIpc) is 3.00. The highest BCUT2D eigenvalue weighted by molar-refractivity contribution is 5.78. The first-order valence-corrected chi connectivity index (χ1v) is 8.50. The van der Waals surface area contributed by atoms with Crippen LogP contribution in [0.15, 0.2) is 24.3 Å². The Kier molecular flexibility index (Phi) is 3.63. The highest BCUT2D eigenvalue weighted by Crippen LogP contribution is 2.27. The van der Waals surface area contributed by atoms with Crippen molar-refractivity contribution >= 4 is 22.8 Å². The fraction of sp³-hybridized carbons (Fsp3) is 0.500. The van der Waals surface area contributed by atoms with Gasteiger partial charge in [-0.1, -0.05) is 12.1 Å². The number of anilines is 1. The summed E-state index contributed by atoms with van der Waals surface area (Å²) in [5, 5.41) is 0. The molecule has 5 heteroatoms. The van der Waals surface area contributed by atoms with Gasteiger partial charge < -0.3 is 9.80 Å². The van der Waals surface area contributed by atoms with Gasteiger partial charge in [-0.15, -0.1) is 0 Å². The molecule has 0 unspecified atom stereocenters. The van der Waals surface area contributed by atoms with Crippen LogP contribution in [0.4, 0.5) is 5.82 Å². The highest BCUT2D eigenvalue weighted by Gasteiger charge is 2.31. The van der Waals surface area contributed by atoms with E-state index >= 15 is 0 Å². The minimum absolute atomic E-state index is 0.338. The summed E-state index contributed by atoms with van der Waals surface area (Å²) >= 11 is 0. The number of fused-ring (bicyclic) bond motifs is 1. The van der Waals surface area contributed by atoms with Crippen LogP contribution in [0, 0.1) is 6.92 Å². The van der Waals surface area contributed by atoms with Crippen molar-refractivity contribution in [2.24, 2.45) is 0 Å². The minimum Gasteiger partial charge on any atom is -0.355 e. The van der Waals surface area contributed by atoms with Gasteiger partial charge >= 0.3 is 0 Å². The third-order valence-electron chi connectivity index (χ3n) is 5.03. The Hall–Kier alpha value is -2.17. The van der Waals surface area contributed by atoms with Gasteiger partial charge in [-0.2, -0.15) is 0 Å². The van der Waals surface area contributed by atoms with Crippen molar-refractivity contribution in [1.29, 1.82) is 0 Å².